The molecule has 17 heavy (non-hydrogen) atoms. The summed E-state index contributed by atoms with van der Waals surface area (Å²) in [7, 11) is 0. The van der Waals surface area contributed by atoms with Crippen molar-refractivity contribution in [2.24, 2.45) is 0 Å². The quantitative estimate of drug-likeness (QED) is 0.757. The van der Waals surface area contributed by atoms with Gasteiger partial charge >= 0.3 is 0 Å². The van der Waals surface area contributed by atoms with Crippen LogP contribution in [-0.2, 0) is 6.42 Å². The number of aromatic amines is 1. The van der Waals surface area contributed by atoms with Gasteiger partial charge in [0.05, 0.1) is 0 Å². The maximum absolute atomic E-state index is 11.7. The summed E-state index contributed by atoms with van der Waals surface area (Å²) in [6.07, 6.45) is 3.11. The molecule has 0 radical (unpaired) electrons. The first kappa shape index (κ1) is 11.3. The average molecular weight is 230 g/mol. The number of nitrogens with zero attached hydrogens (tertiary/aromatic N) is 2. The molecule has 1 aromatic heterocycles. The van der Waals surface area contributed by atoms with Crippen LogP contribution in [0.25, 0.3) is 0 Å². The van der Waals surface area contributed by atoms with Crippen molar-refractivity contribution in [2.45, 2.75) is 12.8 Å². The minimum atomic E-state index is -0.0387. The van der Waals surface area contributed by atoms with Crippen LogP contribution in [0, 0.1) is 0 Å². The number of benzene rings is 1. The first-order chi connectivity index (χ1) is 8.36. The van der Waals surface area contributed by atoms with Crippen molar-refractivity contribution in [2.75, 3.05) is 6.54 Å². The Balaban J connectivity index is 1.70. The molecule has 0 atom stereocenters. The Kier molecular flexibility index (Phi) is 3.85. The molecule has 88 valence electrons. The van der Waals surface area contributed by atoms with E-state index in [1.54, 1.807) is 12.1 Å². The number of carbonyl (C=O) groups is 1. The molecule has 1 amide bonds. The van der Waals surface area contributed by atoms with E-state index in [0.29, 0.717) is 12.1 Å². The molecule has 0 saturated carbocycles. The Bertz CT molecular complexity index is 453. The fraction of sp³-hybridized carbons (Fsp3) is 0.250. The van der Waals surface area contributed by atoms with Gasteiger partial charge in [0.15, 0.2) is 0 Å². The molecule has 0 aliphatic heterocycles. The molecule has 2 rings (SSSR count). The van der Waals surface area contributed by atoms with Gasteiger partial charge in [-0.1, -0.05) is 18.2 Å². The van der Waals surface area contributed by atoms with Gasteiger partial charge in [0.2, 0.25) is 0 Å². The molecule has 5 nitrogen and oxygen atoms in total. The van der Waals surface area contributed by atoms with Gasteiger partial charge in [0, 0.05) is 18.5 Å². The first-order valence-corrected chi connectivity index (χ1v) is 5.54. The third kappa shape index (κ3) is 3.41. The van der Waals surface area contributed by atoms with Gasteiger partial charge in [-0.25, -0.2) is 4.98 Å². The highest BCUT2D eigenvalue weighted by atomic mass is 16.1. The Morgan fingerprint density at radius 3 is 2.82 bits per heavy atom. The smallest absolute Gasteiger partial charge is 0.251 e. The SMILES string of the molecule is O=C(NCCCc1ncn[nH]1)c1ccccc1. The van der Waals surface area contributed by atoms with Crippen molar-refractivity contribution in [3.63, 3.8) is 0 Å². The van der Waals surface area contributed by atoms with Crippen molar-refractivity contribution >= 4 is 5.91 Å². The number of hydrogen-bond donors (Lipinski definition) is 2. The largest absolute Gasteiger partial charge is 0.352 e. The molecule has 0 aliphatic rings. The van der Waals surface area contributed by atoms with E-state index in [0.717, 1.165) is 18.7 Å². The summed E-state index contributed by atoms with van der Waals surface area (Å²) < 4.78 is 0. The van der Waals surface area contributed by atoms with Crippen LogP contribution in [0.5, 0.6) is 0 Å². The Labute approximate surface area is 99.3 Å². The van der Waals surface area contributed by atoms with E-state index < -0.39 is 0 Å². The van der Waals surface area contributed by atoms with Gasteiger partial charge in [-0.3, -0.25) is 9.89 Å². The summed E-state index contributed by atoms with van der Waals surface area (Å²) in [6.45, 7) is 0.633. The summed E-state index contributed by atoms with van der Waals surface area (Å²) >= 11 is 0. The molecule has 0 fully saturated rings. The van der Waals surface area contributed by atoms with Crippen LogP contribution < -0.4 is 5.32 Å². The van der Waals surface area contributed by atoms with Crippen LogP contribution in [0.1, 0.15) is 22.6 Å². The van der Waals surface area contributed by atoms with Gasteiger partial charge in [0.1, 0.15) is 12.2 Å². The van der Waals surface area contributed by atoms with Crippen molar-refractivity contribution < 1.29 is 4.79 Å². The van der Waals surface area contributed by atoms with Gasteiger partial charge in [-0.05, 0) is 18.6 Å². The van der Waals surface area contributed by atoms with Crippen LogP contribution >= 0.6 is 0 Å². The average Bonchev–Trinajstić information content (AvgIpc) is 2.88. The third-order valence-electron chi connectivity index (χ3n) is 2.38. The van der Waals surface area contributed by atoms with Gasteiger partial charge in [-0.2, -0.15) is 5.10 Å². The number of carbonyl (C=O) groups excluding carboxylic acids is 1. The summed E-state index contributed by atoms with van der Waals surface area (Å²) in [5.74, 6) is 0.808. The Morgan fingerprint density at radius 2 is 2.12 bits per heavy atom. The second-order valence-corrected chi connectivity index (χ2v) is 3.66. The maximum atomic E-state index is 11.7. The van der Waals surface area contributed by atoms with Crippen LogP contribution in [-0.4, -0.2) is 27.6 Å². The highest BCUT2D eigenvalue weighted by Gasteiger charge is 2.03. The van der Waals surface area contributed by atoms with Crippen LogP contribution in [0.15, 0.2) is 36.7 Å². The molecule has 0 saturated heterocycles. The number of aromatic nitrogens is 3. The summed E-state index contributed by atoms with van der Waals surface area (Å²) in [4.78, 5) is 15.7. The van der Waals surface area contributed by atoms with Crippen LogP contribution in [0.4, 0.5) is 0 Å². The van der Waals surface area contributed by atoms with E-state index in [1.807, 2.05) is 18.2 Å². The van der Waals surface area contributed by atoms with E-state index in [2.05, 4.69) is 20.5 Å². The Hall–Kier alpha value is -2.17. The number of amides is 1. The summed E-state index contributed by atoms with van der Waals surface area (Å²) in [5.41, 5.74) is 0.687. The fourth-order valence-electron chi connectivity index (χ4n) is 1.50. The zero-order valence-corrected chi connectivity index (χ0v) is 9.39. The van der Waals surface area contributed by atoms with Crippen molar-refractivity contribution in [3.05, 3.63) is 48.0 Å². The molecular weight excluding hydrogens is 216 g/mol. The van der Waals surface area contributed by atoms with Crippen molar-refractivity contribution in [1.29, 1.82) is 0 Å². The fourth-order valence-corrected chi connectivity index (χ4v) is 1.50. The molecule has 0 bridgehead atoms. The zero-order chi connectivity index (χ0) is 11.9. The number of nitrogens with one attached hydrogen (secondary N) is 2. The number of H-pyrrole nitrogens is 1. The van der Waals surface area contributed by atoms with Gasteiger partial charge in [-0.15, -0.1) is 0 Å². The van der Waals surface area contributed by atoms with E-state index >= 15 is 0 Å². The van der Waals surface area contributed by atoms with Crippen molar-refractivity contribution in [3.8, 4) is 0 Å². The standard InChI is InChI=1S/C12H14N4O/c17-12(10-5-2-1-3-6-10)13-8-4-7-11-14-9-15-16-11/h1-3,5-6,9H,4,7-8H2,(H,13,17)(H,14,15,16). The number of hydrogen-bond acceptors (Lipinski definition) is 3. The predicted molar refractivity (Wildman–Crippen MR) is 63.5 cm³/mol. The number of aryl methyl sites for hydroxylation is 1. The summed E-state index contributed by atoms with van der Waals surface area (Å²) in [5, 5.41) is 9.40. The minimum absolute atomic E-state index is 0.0387. The van der Waals surface area contributed by atoms with Crippen LogP contribution in [0.2, 0.25) is 0 Å². The van der Waals surface area contributed by atoms with E-state index in [4.69, 9.17) is 0 Å². The van der Waals surface area contributed by atoms with Gasteiger partial charge in [0.25, 0.3) is 5.91 Å². The highest BCUT2D eigenvalue weighted by Crippen LogP contribution is 1.98. The minimum Gasteiger partial charge on any atom is -0.352 e. The molecule has 2 aromatic rings. The highest BCUT2D eigenvalue weighted by molar-refractivity contribution is 5.94. The van der Waals surface area contributed by atoms with Gasteiger partial charge < -0.3 is 5.32 Å². The second-order valence-electron chi connectivity index (χ2n) is 3.66. The molecular formula is C12H14N4O. The van der Waals surface area contributed by atoms with Crippen molar-refractivity contribution in [1.82, 2.24) is 20.5 Å². The lowest BCUT2D eigenvalue weighted by molar-refractivity contribution is 0.0953. The van der Waals surface area contributed by atoms with E-state index in [-0.39, 0.29) is 5.91 Å². The lowest BCUT2D eigenvalue weighted by Gasteiger charge is -2.03. The zero-order valence-electron chi connectivity index (χ0n) is 9.39. The maximum Gasteiger partial charge on any atom is 0.251 e. The molecule has 1 aromatic carbocycles. The molecule has 5 heteroatoms. The lowest BCUT2D eigenvalue weighted by Crippen LogP contribution is -2.24. The normalized spacial score (nSPS) is 10.1. The van der Waals surface area contributed by atoms with E-state index in [1.165, 1.54) is 6.33 Å². The number of rotatable bonds is 5. The second kappa shape index (κ2) is 5.79. The molecule has 0 spiro atoms. The molecule has 2 N–H and O–H groups in total. The first-order valence-electron chi connectivity index (χ1n) is 5.54. The topological polar surface area (TPSA) is 70.7 Å². The molecule has 1 heterocycles. The third-order valence-corrected chi connectivity index (χ3v) is 2.38. The monoisotopic (exact) mass is 230 g/mol. The van der Waals surface area contributed by atoms with Crippen LogP contribution in [0.3, 0.4) is 0 Å². The Morgan fingerprint density at radius 1 is 1.29 bits per heavy atom. The molecule has 0 unspecified atom stereocenters. The summed E-state index contributed by atoms with van der Waals surface area (Å²) in [6, 6.07) is 9.19. The molecule has 0 aliphatic carbocycles. The van der Waals surface area contributed by atoms with E-state index in [9.17, 15) is 4.79 Å². The predicted octanol–water partition coefficient (Wildman–Crippen LogP) is 1.17. The lowest BCUT2D eigenvalue weighted by atomic mass is 10.2.